The molecule has 0 heterocycles. The van der Waals surface area contributed by atoms with Gasteiger partial charge in [-0.2, -0.15) is 0 Å². The third-order valence-corrected chi connectivity index (χ3v) is 6.06. The normalized spacial score (nSPS) is 12.3. The second kappa shape index (κ2) is 16.3. The van der Waals surface area contributed by atoms with Gasteiger partial charge in [0.25, 0.3) is 0 Å². The van der Waals surface area contributed by atoms with Crippen LogP contribution in [0.3, 0.4) is 0 Å². The van der Waals surface area contributed by atoms with E-state index >= 15 is 0 Å². The Morgan fingerprint density at radius 1 is 0.674 bits per heavy atom. The average Bonchev–Trinajstić information content (AvgIpc) is 3.03. The first-order chi connectivity index (χ1) is 20.8. The number of benzene rings is 3. The molecule has 3 aromatic rings. The molecule has 0 aromatic heterocycles. The predicted octanol–water partition coefficient (Wildman–Crippen LogP) is 5.21. The van der Waals surface area contributed by atoms with E-state index in [-0.39, 0.29) is 6.61 Å². The van der Waals surface area contributed by atoms with Crippen molar-refractivity contribution in [2.75, 3.05) is 35.0 Å². The van der Waals surface area contributed by atoms with E-state index in [0.717, 1.165) is 11.1 Å². The molecule has 2 unspecified atom stereocenters. The summed E-state index contributed by atoms with van der Waals surface area (Å²) in [5, 5.41) is 0. The van der Waals surface area contributed by atoms with Gasteiger partial charge < -0.3 is 33.2 Å². The summed E-state index contributed by atoms with van der Waals surface area (Å²) < 4.78 is 38.4. The molecule has 3 aromatic carbocycles. The molecule has 2 atom stereocenters. The second-order valence-corrected chi connectivity index (χ2v) is 8.96. The van der Waals surface area contributed by atoms with E-state index in [0.29, 0.717) is 28.6 Å². The molecule has 0 saturated heterocycles. The minimum Gasteiger partial charge on any atom is -0.493 e. The molecule has 0 amide bonds. The van der Waals surface area contributed by atoms with Crippen LogP contribution in [0.1, 0.15) is 29.7 Å². The molecule has 3 rings (SSSR count). The van der Waals surface area contributed by atoms with E-state index in [4.69, 9.17) is 23.7 Å². The lowest BCUT2D eigenvalue weighted by Crippen LogP contribution is -2.34. The molecule has 0 aliphatic rings. The van der Waals surface area contributed by atoms with Gasteiger partial charge in [0, 0.05) is 24.6 Å². The number of carbonyl (C=O) groups excluding carboxylic acids is 3. The quantitative estimate of drug-likeness (QED) is 0.141. The van der Waals surface area contributed by atoms with E-state index in [1.807, 2.05) is 6.07 Å². The van der Waals surface area contributed by atoms with Crippen LogP contribution in [-0.4, -0.2) is 59.1 Å². The summed E-state index contributed by atoms with van der Waals surface area (Å²) in [4.78, 5) is 34.7. The second-order valence-electron chi connectivity index (χ2n) is 8.96. The molecule has 10 heteroatoms. The summed E-state index contributed by atoms with van der Waals surface area (Å²) in [5.74, 6) is 0.560. The fourth-order valence-electron chi connectivity index (χ4n) is 3.87. The zero-order valence-corrected chi connectivity index (χ0v) is 24.6. The number of hydrogen-bond acceptors (Lipinski definition) is 10. The zero-order valence-electron chi connectivity index (χ0n) is 24.6. The lowest BCUT2D eigenvalue weighted by atomic mass is 10.0. The zero-order chi connectivity index (χ0) is 31.2. The topological polar surface area (TPSA) is 116 Å². The Morgan fingerprint density at radius 3 is 1.65 bits per heavy atom. The Morgan fingerprint density at radius 2 is 1.19 bits per heavy atom. The Balaban J connectivity index is 1.97. The van der Waals surface area contributed by atoms with Crippen molar-refractivity contribution in [3.05, 3.63) is 95.6 Å². The van der Waals surface area contributed by atoms with Crippen LogP contribution >= 0.6 is 0 Å². The Hall–Kier alpha value is -5.25. The Labute approximate surface area is 250 Å². The Bertz CT molecular complexity index is 1430. The number of ether oxygens (including phenoxy) is 7. The van der Waals surface area contributed by atoms with Gasteiger partial charge in [0.15, 0.2) is 23.7 Å². The van der Waals surface area contributed by atoms with Crippen molar-refractivity contribution in [2.24, 2.45) is 0 Å². The maximum atomic E-state index is 11.8. The summed E-state index contributed by atoms with van der Waals surface area (Å²) in [6.45, 7) is 1.19. The molecule has 0 saturated carbocycles. The van der Waals surface area contributed by atoms with E-state index in [9.17, 15) is 14.4 Å². The van der Waals surface area contributed by atoms with Crippen molar-refractivity contribution >= 4 is 30.1 Å². The molecular weight excluding hydrogens is 556 g/mol. The molecule has 0 N–H and O–H groups in total. The highest BCUT2D eigenvalue weighted by atomic mass is 16.6. The van der Waals surface area contributed by atoms with Gasteiger partial charge in [-0.3, -0.25) is 4.79 Å². The van der Waals surface area contributed by atoms with Crippen molar-refractivity contribution < 1.29 is 47.5 Å². The predicted molar refractivity (Wildman–Crippen MR) is 159 cm³/mol. The maximum Gasteiger partial charge on any atom is 0.330 e. The minimum absolute atomic E-state index is 0.127. The van der Waals surface area contributed by atoms with Gasteiger partial charge in [-0.25, -0.2) is 9.59 Å². The monoisotopic (exact) mass is 590 g/mol. The molecule has 0 aliphatic carbocycles. The lowest BCUT2D eigenvalue weighted by molar-refractivity contribution is -0.145. The highest BCUT2D eigenvalue weighted by molar-refractivity contribution is 5.87. The minimum atomic E-state index is -0.808. The van der Waals surface area contributed by atoms with Crippen LogP contribution in [0.5, 0.6) is 23.0 Å². The lowest BCUT2D eigenvalue weighted by Gasteiger charge is -2.29. The first-order valence-corrected chi connectivity index (χ1v) is 13.2. The molecular formula is C33H34O10. The maximum absolute atomic E-state index is 11.8. The number of hydrogen-bond donors (Lipinski definition) is 0. The fourth-order valence-corrected chi connectivity index (χ4v) is 3.87. The fraction of sp³-hybridized carbons (Fsp3) is 0.242. The highest BCUT2D eigenvalue weighted by Crippen LogP contribution is 2.35. The van der Waals surface area contributed by atoms with Crippen LogP contribution in [0.4, 0.5) is 0 Å². The van der Waals surface area contributed by atoms with E-state index in [1.165, 1.54) is 40.4 Å². The SMILES string of the molecule is COC(=O)/C=C/c1ccc(OC(COC(C)=O)C(Oc2ccc(/C=C/C(=O)OC)cc2)c2ccc(OC)c(OC)c2)cc1. The first-order valence-electron chi connectivity index (χ1n) is 13.2. The summed E-state index contributed by atoms with van der Waals surface area (Å²) in [6.07, 6.45) is 4.29. The summed E-state index contributed by atoms with van der Waals surface area (Å²) >= 11 is 0. The van der Waals surface area contributed by atoms with Crippen molar-refractivity contribution in [2.45, 2.75) is 19.1 Å². The summed E-state index contributed by atoms with van der Waals surface area (Å²) in [6, 6.07) is 19.4. The van der Waals surface area contributed by atoms with Crippen molar-refractivity contribution in [1.82, 2.24) is 0 Å². The number of carbonyl (C=O) groups is 3. The number of esters is 3. The van der Waals surface area contributed by atoms with Gasteiger partial charge in [-0.15, -0.1) is 0 Å². The molecule has 43 heavy (non-hydrogen) atoms. The molecule has 0 bridgehead atoms. The molecule has 0 fully saturated rings. The molecule has 0 aliphatic heterocycles. The van der Waals surface area contributed by atoms with Crippen LogP contribution in [0.25, 0.3) is 12.2 Å². The van der Waals surface area contributed by atoms with Crippen molar-refractivity contribution in [3.63, 3.8) is 0 Å². The van der Waals surface area contributed by atoms with Gasteiger partial charge in [0.1, 0.15) is 18.1 Å². The molecule has 0 radical (unpaired) electrons. The van der Waals surface area contributed by atoms with E-state index in [1.54, 1.807) is 79.9 Å². The highest BCUT2D eigenvalue weighted by Gasteiger charge is 2.30. The summed E-state index contributed by atoms with van der Waals surface area (Å²) in [5.41, 5.74) is 2.18. The van der Waals surface area contributed by atoms with Crippen LogP contribution in [0.2, 0.25) is 0 Å². The average molecular weight is 591 g/mol. The molecule has 0 spiro atoms. The van der Waals surface area contributed by atoms with Crippen LogP contribution < -0.4 is 18.9 Å². The van der Waals surface area contributed by atoms with Crippen LogP contribution in [0.15, 0.2) is 78.9 Å². The van der Waals surface area contributed by atoms with Gasteiger partial charge in [0.2, 0.25) is 0 Å². The molecule has 226 valence electrons. The van der Waals surface area contributed by atoms with E-state index in [2.05, 4.69) is 9.47 Å². The van der Waals surface area contributed by atoms with Gasteiger partial charge in [-0.05, 0) is 59.7 Å². The van der Waals surface area contributed by atoms with Crippen LogP contribution in [-0.2, 0) is 28.6 Å². The summed E-state index contributed by atoms with van der Waals surface area (Å²) in [7, 11) is 5.68. The standard InChI is InChI=1S/C33H34O10/c1-22(34)41-21-30(42-26-13-6-23(7-14-26)10-18-31(35)39-4)33(25-12-17-28(37-2)29(20-25)38-3)43-27-15-8-24(9-16-27)11-19-32(36)40-5/h6-20,30,33H,21H2,1-5H3/b18-10+,19-11+. The Kier molecular flexibility index (Phi) is 12.2. The molecule has 10 nitrogen and oxygen atoms in total. The van der Waals surface area contributed by atoms with E-state index < -0.39 is 30.1 Å². The van der Waals surface area contributed by atoms with Gasteiger partial charge >= 0.3 is 17.9 Å². The number of rotatable bonds is 14. The third-order valence-electron chi connectivity index (χ3n) is 6.06. The van der Waals surface area contributed by atoms with Gasteiger partial charge in [0.05, 0.1) is 28.4 Å². The van der Waals surface area contributed by atoms with Gasteiger partial charge in [-0.1, -0.05) is 30.3 Å². The number of methoxy groups -OCH3 is 4. The largest absolute Gasteiger partial charge is 0.493 e. The smallest absolute Gasteiger partial charge is 0.330 e. The van der Waals surface area contributed by atoms with Crippen LogP contribution in [0, 0.1) is 0 Å². The third kappa shape index (κ3) is 9.96. The van der Waals surface area contributed by atoms with Crippen molar-refractivity contribution in [1.29, 1.82) is 0 Å². The first kappa shape index (κ1) is 32.3. The van der Waals surface area contributed by atoms with Crippen molar-refractivity contribution in [3.8, 4) is 23.0 Å².